The number of allylic oxidation sites excluding steroid dienone is 2. The van der Waals surface area contributed by atoms with E-state index in [1.54, 1.807) is 0 Å². The van der Waals surface area contributed by atoms with Crippen molar-refractivity contribution in [2.75, 3.05) is 7.05 Å². The Morgan fingerprint density at radius 1 is 1.37 bits per heavy atom. The van der Waals surface area contributed by atoms with E-state index in [1.807, 2.05) is 49.7 Å². The first-order valence-corrected chi connectivity index (χ1v) is 6.66. The van der Waals surface area contributed by atoms with E-state index in [1.165, 1.54) is 5.56 Å². The molecule has 1 aliphatic rings. The van der Waals surface area contributed by atoms with E-state index in [0.717, 1.165) is 24.0 Å². The molecule has 0 saturated carbocycles. The van der Waals surface area contributed by atoms with Crippen LogP contribution in [0.5, 0.6) is 0 Å². The number of nitrogens with zero attached hydrogens (tertiary/aromatic N) is 1. The van der Waals surface area contributed by atoms with Crippen LogP contribution in [0.15, 0.2) is 35.1 Å². The highest BCUT2D eigenvalue weighted by Crippen LogP contribution is 2.22. The van der Waals surface area contributed by atoms with Crippen LogP contribution < -0.4 is 11.0 Å². The summed E-state index contributed by atoms with van der Waals surface area (Å²) in [5, 5.41) is 3.23. The number of aromatic amines is 1. The lowest BCUT2D eigenvalue weighted by Gasteiger charge is -2.22. The minimum Gasteiger partial charge on any atom is -0.315 e. The van der Waals surface area contributed by atoms with Gasteiger partial charge in [0.05, 0.1) is 11.0 Å². The Labute approximate surface area is 113 Å². The van der Waals surface area contributed by atoms with Gasteiger partial charge in [-0.2, -0.15) is 0 Å². The van der Waals surface area contributed by atoms with E-state index >= 15 is 0 Å². The molecule has 0 radical (unpaired) electrons. The molecule has 1 atom stereocenters. The molecular formula is C15H21N3O. The van der Waals surface area contributed by atoms with Gasteiger partial charge in [0.1, 0.15) is 0 Å². The van der Waals surface area contributed by atoms with Crippen LogP contribution in [0.25, 0.3) is 11.0 Å². The van der Waals surface area contributed by atoms with E-state index in [9.17, 15) is 4.79 Å². The Kier molecular flexibility index (Phi) is 4.22. The van der Waals surface area contributed by atoms with Crippen LogP contribution in [0, 0.1) is 0 Å². The summed E-state index contributed by atoms with van der Waals surface area (Å²) in [6, 6.07) is 6.40. The zero-order chi connectivity index (χ0) is 13.8. The largest absolute Gasteiger partial charge is 0.326 e. The van der Waals surface area contributed by atoms with Crippen molar-refractivity contribution >= 4 is 11.0 Å². The highest BCUT2D eigenvalue weighted by molar-refractivity contribution is 5.79. The molecule has 19 heavy (non-hydrogen) atoms. The predicted molar refractivity (Wildman–Crippen MR) is 79.6 cm³/mol. The third-order valence-electron chi connectivity index (χ3n) is 3.49. The van der Waals surface area contributed by atoms with Crippen LogP contribution >= 0.6 is 0 Å². The third-order valence-corrected chi connectivity index (χ3v) is 3.49. The molecule has 1 aromatic carbocycles. The Bertz CT molecular complexity index is 632. The molecule has 3 rings (SSSR count). The predicted octanol–water partition coefficient (Wildman–Crippen LogP) is 2.06. The summed E-state index contributed by atoms with van der Waals surface area (Å²) in [5.41, 5.74) is 3.27. The Morgan fingerprint density at radius 2 is 2.11 bits per heavy atom. The van der Waals surface area contributed by atoms with Gasteiger partial charge in [-0.25, -0.2) is 4.79 Å². The number of aromatic nitrogens is 2. The standard InChI is InChI=1S/C11H13N3O.C4H8/c1-12-8-5-7-3-2-4-9-10(7)14(6-8)11(15)13-9;1-3-4-2/h2-4,8,12H,5-6H2,1H3,(H,13,15);3-4H,1-2H3/b;4-3-. The number of nitrogens with one attached hydrogen (secondary N) is 2. The molecule has 0 amide bonds. The zero-order valence-corrected chi connectivity index (χ0v) is 11.7. The molecule has 2 heterocycles. The van der Waals surface area contributed by atoms with Crippen LogP contribution in [-0.4, -0.2) is 22.6 Å². The Morgan fingerprint density at radius 3 is 2.74 bits per heavy atom. The van der Waals surface area contributed by atoms with E-state index in [4.69, 9.17) is 0 Å². The fraction of sp³-hybridized carbons (Fsp3) is 0.400. The number of benzene rings is 1. The topological polar surface area (TPSA) is 49.8 Å². The Balaban J connectivity index is 0.000000297. The second-order valence-corrected chi connectivity index (χ2v) is 4.71. The fourth-order valence-corrected chi connectivity index (χ4v) is 2.38. The van der Waals surface area contributed by atoms with Crippen LogP contribution in [0.4, 0.5) is 0 Å². The summed E-state index contributed by atoms with van der Waals surface area (Å²) in [6.45, 7) is 4.76. The van der Waals surface area contributed by atoms with Gasteiger partial charge in [0.25, 0.3) is 0 Å². The zero-order valence-electron chi connectivity index (χ0n) is 11.7. The molecule has 0 bridgehead atoms. The van der Waals surface area contributed by atoms with E-state index in [2.05, 4.69) is 16.4 Å². The van der Waals surface area contributed by atoms with E-state index < -0.39 is 0 Å². The minimum atomic E-state index is -0.00241. The number of rotatable bonds is 1. The highest BCUT2D eigenvalue weighted by Gasteiger charge is 2.21. The maximum atomic E-state index is 11.7. The van der Waals surface area contributed by atoms with Crippen molar-refractivity contribution in [2.45, 2.75) is 32.9 Å². The van der Waals surface area contributed by atoms with Crippen molar-refractivity contribution in [3.05, 3.63) is 46.4 Å². The number of hydrogen-bond acceptors (Lipinski definition) is 2. The van der Waals surface area contributed by atoms with Crippen molar-refractivity contribution in [1.29, 1.82) is 0 Å². The molecule has 0 aliphatic carbocycles. The van der Waals surface area contributed by atoms with Crippen molar-refractivity contribution in [3.8, 4) is 0 Å². The summed E-state index contributed by atoms with van der Waals surface area (Å²) in [6.07, 6.45) is 4.99. The number of para-hydroxylation sites is 1. The van der Waals surface area contributed by atoms with Crippen molar-refractivity contribution in [3.63, 3.8) is 0 Å². The second kappa shape index (κ2) is 5.89. The maximum absolute atomic E-state index is 11.7. The van der Waals surface area contributed by atoms with Gasteiger partial charge in [-0.05, 0) is 38.9 Å². The summed E-state index contributed by atoms with van der Waals surface area (Å²) in [5.74, 6) is 0. The monoisotopic (exact) mass is 259 g/mol. The van der Waals surface area contributed by atoms with Gasteiger partial charge < -0.3 is 10.3 Å². The van der Waals surface area contributed by atoms with Crippen LogP contribution in [0.1, 0.15) is 19.4 Å². The molecule has 0 fully saturated rings. The average molecular weight is 259 g/mol. The van der Waals surface area contributed by atoms with Crippen molar-refractivity contribution < 1.29 is 0 Å². The first-order chi connectivity index (χ1) is 9.21. The number of H-pyrrole nitrogens is 1. The smallest absolute Gasteiger partial charge is 0.315 e. The van der Waals surface area contributed by atoms with Gasteiger partial charge in [0.15, 0.2) is 0 Å². The maximum Gasteiger partial charge on any atom is 0.326 e. The van der Waals surface area contributed by atoms with Gasteiger partial charge in [0, 0.05) is 12.6 Å². The third kappa shape index (κ3) is 2.63. The molecular weight excluding hydrogens is 238 g/mol. The second-order valence-electron chi connectivity index (χ2n) is 4.71. The number of likely N-dealkylation sites (N-methyl/N-ethyl adjacent to an activating group) is 1. The van der Waals surface area contributed by atoms with Gasteiger partial charge in [-0.1, -0.05) is 24.3 Å². The first-order valence-electron chi connectivity index (χ1n) is 6.66. The van der Waals surface area contributed by atoms with Crippen molar-refractivity contribution in [1.82, 2.24) is 14.9 Å². The number of imidazole rings is 1. The highest BCUT2D eigenvalue weighted by atomic mass is 16.1. The van der Waals surface area contributed by atoms with Gasteiger partial charge in [0.2, 0.25) is 0 Å². The lowest BCUT2D eigenvalue weighted by Crippen LogP contribution is -2.38. The molecule has 4 heteroatoms. The number of hydrogen-bond donors (Lipinski definition) is 2. The van der Waals surface area contributed by atoms with Gasteiger partial charge in [-0.15, -0.1) is 0 Å². The quantitative estimate of drug-likeness (QED) is 0.770. The molecule has 0 saturated heterocycles. The molecule has 4 nitrogen and oxygen atoms in total. The fourth-order valence-electron chi connectivity index (χ4n) is 2.38. The lowest BCUT2D eigenvalue weighted by atomic mass is 10.0. The average Bonchev–Trinajstić information content (AvgIpc) is 2.77. The Hall–Kier alpha value is -1.81. The molecule has 1 aromatic heterocycles. The lowest BCUT2D eigenvalue weighted by molar-refractivity contribution is 0.463. The normalized spacial score (nSPS) is 17.5. The summed E-state index contributed by atoms with van der Waals surface area (Å²) >= 11 is 0. The summed E-state index contributed by atoms with van der Waals surface area (Å²) in [7, 11) is 1.94. The van der Waals surface area contributed by atoms with Gasteiger partial charge >= 0.3 is 5.69 Å². The first kappa shape index (κ1) is 13.6. The molecule has 0 spiro atoms. The van der Waals surface area contributed by atoms with E-state index in [0.29, 0.717) is 6.04 Å². The van der Waals surface area contributed by atoms with Crippen LogP contribution in [0.2, 0.25) is 0 Å². The molecule has 1 aliphatic heterocycles. The van der Waals surface area contributed by atoms with Crippen LogP contribution in [-0.2, 0) is 13.0 Å². The van der Waals surface area contributed by atoms with Crippen molar-refractivity contribution in [2.24, 2.45) is 0 Å². The molecule has 2 aromatic rings. The summed E-state index contributed by atoms with van der Waals surface area (Å²) in [4.78, 5) is 14.6. The molecule has 2 N–H and O–H groups in total. The van der Waals surface area contributed by atoms with Gasteiger partial charge in [-0.3, -0.25) is 4.57 Å². The molecule has 102 valence electrons. The minimum absolute atomic E-state index is 0.00241. The van der Waals surface area contributed by atoms with Crippen LogP contribution in [0.3, 0.4) is 0 Å². The summed E-state index contributed by atoms with van der Waals surface area (Å²) < 4.78 is 1.83. The molecule has 1 unspecified atom stereocenters. The van der Waals surface area contributed by atoms with E-state index in [-0.39, 0.29) is 5.69 Å². The SMILES string of the molecule is C/C=C\C.CNC1Cc2cccc3[nH]c(=O)n(c23)C1.